The average Bonchev–Trinajstić information content (AvgIpc) is 3.27. The van der Waals surface area contributed by atoms with Crippen LogP contribution in [0.15, 0.2) is 48.5 Å². The first-order chi connectivity index (χ1) is 14.2. The first kappa shape index (κ1) is 19.5. The molecule has 2 aliphatic heterocycles. The van der Waals surface area contributed by atoms with Crippen molar-refractivity contribution in [2.24, 2.45) is 0 Å². The van der Waals surface area contributed by atoms with E-state index in [2.05, 4.69) is 22.8 Å². The number of rotatable bonds is 5. The van der Waals surface area contributed by atoms with Crippen LogP contribution >= 0.6 is 0 Å². The highest BCUT2D eigenvalue weighted by molar-refractivity contribution is 5.90. The van der Waals surface area contributed by atoms with Crippen molar-refractivity contribution in [3.8, 4) is 5.75 Å². The third-order valence-electron chi connectivity index (χ3n) is 5.84. The minimum absolute atomic E-state index is 0.0293. The Morgan fingerprint density at radius 1 is 1.14 bits per heavy atom. The van der Waals surface area contributed by atoms with Crippen molar-refractivity contribution >= 4 is 11.8 Å². The van der Waals surface area contributed by atoms with Crippen molar-refractivity contribution < 1.29 is 14.3 Å². The average molecular weight is 393 g/mol. The van der Waals surface area contributed by atoms with Gasteiger partial charge in [-0.15, -0.1) is 0 Å². The summed E-state index contributed by atoms with van der Waals surface area (Å²) in [6.07, 6.45) is 2.24. The molecule has 2 heterocycles. The zero-order valence-corrected chi connectivity index (χ0v) is 16.7. The van der Waals surface area contributed by atoms with Crippen molar-refractivity contribution in [1.29, 1.82) is 0 Å². The molecule has 6 heteroatoms. The van der Waals surface area contributed by atoms with Crippen LogP contribution in [0.2, 0.25) is 0 Å². The number of hydrogen-bond acceptors (Lipinski definition) is 4. The van der Waals surface area contributed by atoms with E-state index < -0.39 is 0 Å². The van der Waals surface area contributed by atoms with Crippen LogP contribution < -0.4 is 15.4 Å². The Morgan fingerprint density at radius 3 is 2.66 bits per heavy atom. The van der Waals surface area contributed by atoms with Crippen molar-refractivity contribution in [3.05, 3.63) is 65.2 Å². The van der Waals surface area contributed by atoms with E-state index in [0.717, 1.165) is 17.7 Å². The smallest absolute Gasteiger partial charge is 0.243 e. The lowest BCUT2D eigenvalue weighted by Crippen LogP contribution is -2.54. The summed E-state index contributed by atoms with van der Waals surface area (Å²) in [6, 6.07) is 15.2. The molecule has 0 aromatic heterocycles. The van der Waals surface area contributed by atoms with Gasteiger partial charge in [-0.05, 0) is 48.1 Å². The fourth-order valence-corrected chi connectivity index (χ4v) is 4.18. The molecule has 2 amide bonds. The molecule has 0 spiro atoms. The maximum Gasteiger partial charge on any atom is 0.243 e. The predicted molar refractivity (Wildman–Crippen MR) is 110 cm³/mol. The third kappa shape index (κ3) is 4.27. The van der Waals surface area contributed by atoms with Gasteiger partial charge in [0.2, 0.25) is 11.8 Å². The summed E-state index contributed by atoms with van der Waals surface area (Å²) in [5, 5.41) is 6.33. The van der Waals surface area contributed by atoms with Gasteiger partial charge in [0, 0.05) is 19.6 Å². The Labute approximate surface area is 171 Å². The lowest BCUT2D eigenvalue weighted by molar-refractivity contribution is -0.140. The van der Waals surface area contributed by atoms with Crippen LogP contribution in [-0.2, 0) is 29.1 Å². The van der Waals surface area contributed by atoms with Gasteiger partial charge in [-0.2, -0.15) is 0 Å². The van der Waals surface area contributed by atoms with Gasteiger partial charge in [0.25, 0.3) is 0 Å². The minimum atomic E-state index is -0.389. The molecule has 6 nitrogen and oxygen atoms in total. The third-order valence-corrected chi connectivity index (χ3v) is 5.84. The minimum Gasteiger partial charge on any atom is -0.497 e. The molecule has 1 saturated heterocycles. The summed E-state index contributed by atoms with van der Waals surface area (Å²) in [4.78, 5) is 27.7. The molecular formula is C23H27N3O3. The number of ether oxygens (including phenoxy) is 1. The maximum absolute atomic E-state index is 13.1. The van der Waals surface area contributed by atoms with E-state index in [1.54, 1.807) is 12.0 Å². The molecule has 0 unspecified atom stereocenters. The normalized spacial score (nSPS) is 20.8. The molecule has 2 aliphatic rings. The number of benzene rings is 2. The number of carbonyl (C=O) groups is 2. The van der Waals surface area contributed by atoms with E-state index in [9.17, 15) is 9.59 Å². The fraction of sp³-hybridized carbons (Fsp3) is 0.391. The molecule has 29 heavy (non-hydrogen) atoms. The van der Waals surface area contributed by atoms with Crippen molar-refractivity contribution in [1.82, 2.24) is 15.5 Å². The molecule has 0 saturated carbocycles. The van der Waals surface area contributed by atoms with Crippen molar-refractivity contribution in [3.63, 3.8) is 0 Å². The van der Waals surface area contributed by atoms with E-state index in [1.807, 2.05) is 36.4 Å². The summed E-state index contributed by atoms with van der Waals surface area (Å²) in [5.74, 6) is 0.735. The number of methoxy groups -OCH3 is 1. The van der Waals surface area contributed by atoms with Gasteiger partial charge < -0.3 is 20.3 Å². The first-order valence-electron chi connectivity index (χ1n) is 10.2. The molecular weight excluding hydrogens is 366 g/mol. The predicted octanol–water partition coefficient (Wildman–Crippen LogP) is 2.02. The van der Waals surface area contributed by atoms with Crippen LogP contribution in [0.25, 0.3) is 0 Å². The van der Waals surface area contributed by atoms with E-state index in [1.165, 1.54) is 11.1 Å². The Hall–Kier alpha value is -2.86. The quantitative estimate of drug-likeness (QED) is 0.815. The van der Waals surface area contributed by atoms with Crippen LogP contribution in [0.3, 0.4) is 0 Å². The number of fused-ring (bicyclic) bond motifs is 1. The zero-order valence-electron chi connectivity index (χ0n) is 16.7. The van der Waals surface area contributed by atoms with Gasteiger partial charge in [-0.3, -0.25) is 9.59 Å². The monoisotopic (exact) mass is 393 g/mol. The van der Waals surface area contributed by atoms with Crippen molar-refractivity contribution in [2.45, 2.75) is 44.4 Å². The highest BCUT2D eigenvalue weighted by atomic mass is 16.5. The number of nitrogens with zero attached hydrogens (tertiary/aromatic N) is 1. The first-order valence-corrected chi connectivity index (χ1v) is 10.2. The molecule has 0 radical (unpaired) electrons. The largest absolute Gasteiger partial charge is 0.497 e. The molecule has 152 valence electrons. The highest BCUT2D eigenvalue weighted by Crippen LogP contribution is 2.23. The van der Waals surface area contributed by atoms with Crippen LogP contribution in [-0.4, -0.2) is 42.5 Å². The maximum atomic E-state index is 13.1. The fourth-order valence-electron chi connectivity index (χ4n) is 4.18. The van der Waals surface area contributed by atoms with Crippen LogP contribution in [0.4, 0.5) is 0 Å². The standard InChI is InChI=1S/C23H27N3O3/c1-29-19-10-8-16(9-11-19)14-25-22(27)21-7-4-12-26(21)23(28)20-13-17-5-2-3-6-18(17)15-24-20/h2-3,5-6,8-11,20-21,24H,4,7,12-15H2,1H3,(H,25,27)/t20-,21-/m1/s1. The number of likely N-dealkylation sites (tertiary alicyclic amines) is 1. The summed E-state index contributed by atoms with van der Waals surface area (Å²) < 4.78 is 5.16. The molecule has 0 bridgehead atoms. The molecule has 0 aliphatic carbocycles. The molecule has 1 fully saturated rings. The van der Waals surface area contributed by atoms with E-state index in [0.29, 0.717) is 32.5 Å². The van der Waals surface area contributed by atoms with Gasteiger partial charge in [0.15, 0.2) is 0 Å². The lowest BCUT2D eigenvalue weighted by atomic mass is 9.95. The van der Waals surface area contributed by atoms with E-state index in [4.69, 9.17) is 4.74 Å². The zero-order chi connectivity index (χ0) is 20.2. The van der Waals surface area contributed by atoms with Gasteiger partial charge in [0.1, 0.15) is 11.8 Å². The topological polar surface area (TPSA) is 70.7 Å². The molecule has 2 aromatic rings. The Balaban J connectivity index is 1.36. The van der Waals surface area contributed by atoms with E-state index >= 15 is 0 Å². The Kier molecular flexibility index (Phi) is 5.81. The molecule has 4 rings (SSSR count). The SMILES string of the molecule is COc1ccc(CNC(=O)[C@H]2CCCN2C(=O)[C@H]2Cc3ccccc3CN2)cc1. The second-order valence-electron chi connectivity index (χ2n) is 7.66. The van der Waals surface area contributed by atoms with Gasteiger partial charge >= 0.3 is 0 Å². The number of hydrogen-bond donors (Lipinski definition) is 2. The Morgan fingerprint density at radius 2 is 1.90 bits per heavy atom. The van der Waals surface area contributed by atoms with Gasteiger partial charge in [-0.25, -0.2) is 0 Å². The summed E-state index contributed by atoms with van der Waals surface area (Å²) in [5.41, 5.74) is 3.46. The number of carbonyl (C=O) groups excluding carboxylic acids is 2. The second-order valence-corrected chi connectivity index (χ2v) is 7.66. The van der Waals surface area contributed by atoms with Crippen molar-refractivity contribution in [2.75, 3.05) is 13.7 Å². The molecule has 2 aromatic carbocycles. The number of nitrogens with one attached hydrogen (secondary N) is 2. The summed E-state index contributed by atoms with van der Waals surface area (Å²) in [7, 11) is 1.63. The molecule has 2 N–H and O–H groups in total. The second kappa shape index (κ2) is 8.66. The highest BCUT2D eigenvalue weighted by Gasteiger charge is 2.37. The number of amides is 2. The van der Waals surface area contributed by atoms with Crippen LogP contribution in [0.1, 0.15) is 29.5 Å². The summed E-state index contributed by atoms with van der Waals surface area (Å²) >= 11 is 0. The van der Waals surface area contributed by atoms with Gasteiger partial charge in [-0.1, -0.05) is 36.4 Å². The molecule has 2 atom stereocenters. The van der Waals surface area contributed by atoms with Crippen LogP contribution in [0, 0.1) is 0 Å². The van der Waals surface area contributed by atoms with Gasteiger partial charge in [0.05, 0.1) is 13.2 Å². The van der Waals surface area contributed by atoms with E-state index in [-0.39, 0.29) is 23.9 Å². The Bertz CT molecular complexity index is 881. The summed E-state index contributed by atoms with van der Waals surface area (Å²) in [6.45, 7) is 1.77. The lowest BCUT2D eigenvalue weighted by Gasteiger charge is -2.31. The van der Waals surface area contributed by atoms with Crippen LogP contribution in [0.5, 0.6) is 5.75 Å².